The van der Waals surface area contributed by atoms with Gasteiger partial charge in [-0.2, -0.15) is 13.2 Å². The highest BCUT2D eigenvalue weighted by Crippen LogP contribution is 2.45. The summed E-state index contributed by atoms with van der Waals surface area (Å²) in [5, 5.41) is 8.90. The number of aliphatic carboxylic acids is 1. The summed E-state index contributed by atoms with van der Waals surface area (Å²) >= 11 is 0. The van der Waals surface area contributed by atoms with Gasteiger partial charge in [0.1, 0.15) is 11.6 Å². The molecule has 19 heavy (non-hydrogen) atoms. The minimum Gasteiger partial charge on any atom is -0.478 e. The number of hydrogen-bond acceptors (Lipinski definition) is 2. The van der Waals surface area contributed by atoms with Gasteiger partial charge in [0.2, 0.25) is 5.60 Å². The Morgan fingerprint density at radius 3 is 2.53 bits per heavy atom. The molecule has 1 aromatic rings. The molecule has 0 aliphatic carbocycles. The van der Waals surface area contributed by atoms with Crippen LogP contribution in [0.1, 0.15) is 12.5 Å². The average molecular weight is 276 g/mol. The largest absolute Gasteiger partial charge is 0.478 e. The molecule has 0 aromatic heterocycles. The first-order chi connectivity index (χ1) is 8.65. The second-order valence-electron chi connectivity index (χ2n) is 4.18. The normalized spacial score (nSPS) is 22.3. The number of carbonyl (C=O) groups is 1. The molecule has 1 aliphatic heterocycles. The Labute approximate surface area is 105 Å². The van der Waals surface area contributed by atoms with Crippen molar-refractivity contribution in [2.24, 2.45) is 0 Å². The molecule has 1 N–H and O–H groups in total. The number of hydrogen-bond donors (Lipinski definition) is 1. The zero-order chi connectivity index (χ0) is 14.4. The van der Waals surface area contributed by atoms with Crippen LogP contribution in [-0.2, 0) is 4.79 Å². The molecule has 0 radical (unpaired) electrons. The van der Waals surface area contributed by atoms with Crippen LogP contribution in [0, 0.1) is 5.82 Å². The lowest BCUT2D eigenvalue weighted by Crippen LogP contribution is -2.52. The summed E-state index contributed by atoms with van der Waals surface area (Å²) in [6.07, 6.45) is -4.10. The van der Waals surface area contributed by atoms with Crippen LogP contribution in [0.25, 0.3) is 6.08 Å². The average Bonchev–Trinajstić information content (AvgIpc) is 2.25. The van der Waals surface area contributed by atoms with Crippen molar-refractivity contribution >= 4 is 12.0 Å². The van der Waals surface area contributed by atoms with Gasteiger partial charge in [0, 0.05) is 11.6 Å². The van der Waals surface area contributed by atoms with Gasteiger partial charge >= 0.3 is 12.1 Å². The summed E-state index contributed by atoms with van der Waals surface area (Å²) in [5.41, 5.74) is -3.88. The van der Waals surface area contributed by atoms with Gasteiger partial charge in [0.25, 0.3) is 0 Å². The molecule has 1 atom stereocenters. The monoisotopic (exact) mass is 276 g/mol. The quantitative estimate of drug-likeness (QED) is 0.802. The summed E-state index contributed by atoms with van der Waals surface area (Å²) < 4.78 is 56.7. The molecular weight excluding hydrogens is 268 g/mol. The van der Waals surface area contributed by atoms with Gasteiger partial charge in [-0.05, 0) is 25.1 Å². The van der Waals surface area contributed by atoms with Crippen LogP contribution >= 0.6 is 0 Å². The van der Waals surface area contributed by atoms with Crippen LogP contribution in [0.15, 0.2) is 23.8 Å². The summed E-state index contributed by atoms with van der Waals surface area (Å²) in [6, 6.07) is 2.95. The van der Waals surface area contributed by atoms with Crippen molar-refractivity contribution in [1.29, 1.82) is 0 Å². The van der Waals surface area contributed by atoms with E-state index in [0.29, 0.717) is 6.92 Å². The van der Waals surface area contributed by atoms with Crippen molar-refractivity contribution in [3.05, 3.63) is 35.2 Å². The van der Waals surface area contributed by atoms with E-state index >= 15 is 0 Å². The molecule has 3 nitrogen and oxygen atoms in total. The molecule has 2 rings (SSSR count). The van der Waals surface area contributed by atoms with Crippen molar-refractivity contribution < 1.29 is 32.2 Å². The Balaban J connectivity index is 2.65. The maximum atomic E-state index is 13.0. The summed E-state index contributed by atoms with van der Waals surface area (Å²) in [4.78, 5) is 11.0. The lowest BCUT2D eigenvalue weighted by molar-refractivity contribution is -0.228. The lowest BCUT2D eigenvalue weighted by Gasteiger charge is -2.36. The summed E-state index contributed by atoms with van der Waals surface area (Å²) in [6.45, 7) is 0.598. The van der Waals surface area contributed by atoms with Gasteiger partial charge in [-0.3, -0.25) is 0 Å². The fourth-order valence-corrected chi connectivity index (χ4v) is 1.76. The molecule has 0 fully saturated rings. The van der Waals surface area contributed by atoms with Crippen LogP contribution in [-0.4, -0.2) is 22.9 Å². The standard InChI is InChI=1S/C12H8F4O3/c1-11(12(14,15)16)8(10(17)18)4-6-2-3-7(13)5-9(6)19-11/h2-5H,1H3,(H,17,18). The van der Waals surface area contributed by atoms with E-state index in [0.717, 1.165) is 24.3 Å². The van der Waals surface area contributed by atoms with Crippen LogP contribution in [0.3, 0.4) is 0 Å². The lowest BCUT2D eigenvalue weighted by atomic mass is 9.90. The van der Waals surface area contributed by atoms with Crippen LogP contribution < -0.4 is 4.74 Å². The highest BCUT2D eigenvalue weighted by atomic mass is 19.4. The number of halogens is 4. The van der Waals surface area contributed by atoms with E-state index in [1.165, 1.54) is 0 Å². The molecule has 1 heterocycles. The maximum absolute atomic E-state index is 13.0. The molecule has 1 aliphatic rings. The SMILES string of the molecule is CC1(C(F)(F)F)Oc2cc(F)ccc2C=C1C(=O)O. The van der Waals surface area contributed by atoms with Gasteiger partial charge in [0.15, 0.2) is 0 Å². The van der Waals surface area contributed by atoms with E-state index in [4.69, 9.17) is 9.84 Å². The highest BCUT2D eigenvalue weighted by molar-refractivity contribution is 5.96. The van der Waals surface area contributed by atoms with E-state index in [1.54, 1.807) is 0 Å². The summed E-state index contributed by atoms with van der Waals surface area (Å²) in [5.74, 6) is -2.85. The van der Waals surface area contributed by atoms with Gasteiger partial charge in [-0.25, -0.2) is 9.18 Å². The van der Waals surface area contributed by atoms with E-state index < -0.39 is 29.1 Å². The third-order valence-corrected chi connectivity index (χ3v) is 2.87. The van der Waals surface area contributed by atoms with Crippen molar-refractivity contribution in [1.82, 2.24) is 0 Å². The van der Waals surface area contributed by atoms with E-state index in [9.17, 15) is 22.4 Å². The number of benzene rings is 1. The van der Waals surface area contributed by atoms with Crippen molar-refractivity contribution in [3.63, 3.8) is 0 Å². The fourth-order valence-electron chi connectivity index (χ4n) is 1.76. The number of fused-ring (bicyclic) bond motifs is 1. The van der Waals surface area contributed by atoms with Gasteiger partial charge in [0.05, 0.1) is 5.57 Å². The number of carboxylic acids is 1. The third-order valence-electron chi connectivity index (χ3n) is 2.87. The fraction of sp³-hybridized carbons (Fsp3) is 0.250. The first-order valence-electron chi connectivity index (χ1n) is 5.16. The molecule has 102 valence electrons. The third kappa shape index (κ3) is 2.05. The van der Waals surface area contributed by atoms with Crippen LogP contribution in [0.5, 0.6) is 5.75 Å². The Bertz CT molecular complexity index is 577. The van der Waals surface area contributed by atoms with E-state index in [2.05, 4.69) is 0 Å². The van der Waals surface area contributed by atoms with Crippen LogP contribution in [0.4, 0.5) is 17.6 Å². The molecule has 0 spiro atoms. The van der Waals surface area contributed by atoms with Gasteiger partial charge in [-0.15, -0.1) is 0 Å². The van der Waals surface area contributed by atoms with E-state index in [1.807, 2.05) is 0 Å². The smallest absolute Gasteiger partial charge is 0.432 e. The Hall–Kier alpha value is -2.05. The molecule has 0 amide bonds. The zero-order valence-electron chi connectivity index (χ0n) is 9.58. The first-order valence-corrected chi connectivity index (χ1v) is 5.16. The Morgan fingerprint density at radius 1 is 1.37 bits per heavy atom. The predicted molar refractivity (Wildman–Crippen MR) is 57.1 cm³/mol. The molecule has 0 saturated carbocycles. The number of carboxylic acid groups (broad SMARTS) is 1. The maximum Gasteiger partial charge on any atom is 0.432 e. The highest BCUT2D eigenvalue weighted by Gasteiger charge is 2.59. The Morgan fingerprint density at radius 2 is 2.00 bits per heavy atom. The minimum atomic E-state index is -4.94. The molecule has 1 aromatic carbocycles. The topological polar surface area (TPSA) is 46.5 Å². The predicted octanol–water partition coefficient (Wildman–Crippen LogP) is 3.01. The first kappa shape index (κ1) is 13.4. The molecule has 7 heteroatoms. The van der Waals surface area contributed by atoms with Crippen molar-refractivity contribution in [3.8, 4) is 5.75 Å². The molecule has 0 bridgehead atoms. The zero-order valence-corrected chi connectivity index (χ0v) is 9.58. The van der Waals surface area contributed by atoms with Gasteiger partial charge < -0.3 is 9.84 Å². The second kappa shape index (κ2) is 3.97. The van der Waals surface area contributed by atoms with Crippen LogP contribution in [0.2, 0.25) is 0 Å². The van der Waals surface area contributed by atoms with Crippen molar-refractivity contribution in [2.45, 2.75) is 18.7 Å². The second-order valence-corrected chi connectivity index (χ2v) is 4.18. The minimum absolute atomic E-state index is 0.0838. The summed E-state index contributed by atoms with van der Waals surface area (Å²) in [7, 11) is 0. The van der Waals surface area contributed by atoms with Gasteiger partial charge in [-0.1, -0.05) is 0 Å². The molecular formula is C12H8F4O3. The number of rotatable bonds is 1. The van der Waals surface area contributed by atoms with E-state index in [-0.39, 0.29) is 11.3 Å². The van der Waals surface area contributed by atoms with Crippen molar-refractivity contribution in [2.75, 3.05) is 0 Å². The Kier molecular flexibility index (Phi) is 2.80. The molecule has 0 saturated heterocycles. The number of ether oxygens (including phenoxy) is 1. The number of alkyl halides is 3. The molecule has 1 unspecified atom stereocenters.